The molecule has 0 bridgehead atoms. The van der Waals surface area contributed by atoms with Gasteiger partial charge in [-0.15, -0.1) is 0 Å². The van der Waals surface area contributed by atoms with Crippen molar-refractivity contribution in [2.45, 2.75) is 45.2 Å². The highest BCUT2D eigenvalue weighted by atomic mass is 16.5. The van der Waals surface area contributed by atoms with Gasteiger partial charge < -0.3 is 19.2 Å². The summed E-state index contributed by atoms with van der Waals surface area (Å²) in [6.07, 6.45) is 5.58. The standard InChI is InChI=1S/C25H30N2O5/c28-22-11-21(15-26-8-5-19-3-1-2-4-20(19)14-26)31-17-23(22)32-16-18-12-25(13-18)6-9-27(10-7-25)24(29)30/h1-4,11,17-18H,5-10,12-16H2,(H,29,30). The molecule has 170 valence electrons. The number of amides is 1. The average molecular weight is 439 g/mol. The van der Waals surface area contributed by atoms with Gasteiger partial charge >= 0.3 is 6.09 Å². The third-order valence-corrected chi connectivity index (χ3v) is 7.45. The van der Waals surface area contributed by atoms with Crippen molar-refractivity contribution in [2.75, 3.05) is 26.2 Å². The lowest BCUT2D eigenvalue weighted by molar-refractivity contribution is -0.0258. The minimum atomic E-state index is -0.820. The molecule has 0 atom stereocenters. The van der Waals surface area contributed by atoms with Crippen molar-refractivity contribution in [1.82, 2.24) is 9.80 Å². The molecule has 0 unspecified atom stereocenters. The maximum absolute atomic E-state index is 12.5. The summed E-state index contributed by atoms with van der Waals surface area (Å²) in [6.45, 7) is 4.19. The number of carboxylic acid groups (broad SMARTS) is 1. The van der Waals surface area contributed by atoms with Gasteiger partial charge in [-0.3, -0.25) is 9.69 Å². The Hall–Kier alpha value is -2.80. The van der Waals surface area contributed by atoms with E-state index in [1.54, 1.807) is 6.07 Å². The summed E-state index contributed by atoms with van der Waals surface area (Å²) in [4.78, 5) is 27.4. The Morgan fingerprint density at radius 3 is 2.62 bits per heavy atom. The van der Waals surface area contributed by atoms with Gasteiger partial charge in [-0.2, -0.15) is 0 Å². The Kier molecular flexibility index (Phi) is 5.67. The Balaban J connectivity index is 1.10. The van der Waals surface area contributed by atoms with Crippen LogP contribution in [0.5, 0.6) is 5.75 Å². The van der Waals surface area contributed by atoms with Crippen LogP contribution in [-0.4, -0.2) is 47.2 Å². The van der Waals surface area contributed by atoms with E-state index in [2.05, 4.69) is 29.2 Å². The third-order valence-electron chi connectivity index (χ3n) is 7.45. The molecule has 5 rings (SSSR count). The van der Waals surface area contributed by atoms with Crippen molar-refractivity contribution in [3.05, 3.63) is 63.7 Å². The molecule has 1 saturated carbocycles. The molecule has 1 saturated heterocycles. The molecule has 0 radical (unpaired) electrons. The Bertz CT molecular complexity index is 1030. The second-order valence-electron chi connectivity index (χ2n) is 9.66. The van der Waals surface area contributed by atoms with E-state index in [0.29, 0.717) is 37.9 Å². The number of carbonyl (C=O) groups is 1. The van der Waals surface area contributed by atoms with Crippen molar-refractivity contribution in [3.8, 4) is 5.75 Å². The normalized spacial score (nSPS) is 20.6. The van der Waals surface area contributed by atoms with Crippen LogP contribution in [0.4, 0.5) is 4.79 Å². The molecule has 7 heteroatoms. The molecule has 3 aliphatic rings. The zero-order valence-electron chi connectivity index (χ0n) is 18.3. The highest BCUT2D eigenvalue weighted by Crippen LogP contribution is 2.52. The predicted octanol–water partition coefficient (Wildman–Crippen LogP) is 3.75. The summed E-state index contributed by atoms with van der Waals surface area (Å²) < 4.78 is 11.5. The van der Waals surface area contributed by atoms with E-state index < -0.39 is 6.09 Å². The van der Waals surface area contributed by atoms with Gasteiger partial charge in [-0.05, 0) is 54.6 Å². The quantitative estimate of drug-likeness (QED) is 0.766. The van der Waals surface area contributed by atoms with Crippen LogP contribution in [0.1, 0.15) is 42.6 Å². The maximum Gasteiger partial charge on any atom is 0.407 e. The van der Waals surface area contributed by atoms with Crippen molar-refractivity contribution in [2.24, 2.45) is 11.3 Å². The van der Waals surface area contributed by atoms with Gasteiger partial charge in [-0.25, -0.2) is 4.79 Å². The van der Waals surface area contributed by atoms with Crippen molar-refractivity contribution in [1.29, 1.82) is 0 Å². The number of fused-ring (bicyclic) bond motifs is 1. The van der Waals surface area contributed by atoms with Gasteiger partial charge in [0, 0.05) is 32.2 Å². The first-order chi connectivity index (χ1) is 15.5. The van der Waals surface area contributed by atoms with Crippen LogP contribution in [0.2, 0.25) is 0 Å². The summed E-state index contributed by atoms with van der Waals surface area (Å²) >= 11 is 0. The van der Waals surface area contributed by atoms with E-state index in [9.17, 15) is 9.59 Å². The number of benzene rings is 1. The highest BCUT2D eigenvalue weighted by Gasteiger charge is 2.46. The molecule has 1 amide bonds. The number of hydrogen-bond donors (Lipinski definition) is 1. The van der Waals surface area contributed by atoms with Gasteiger partial charge in [-0.1, -0.05) is 24.3 Å². The molecule has 2 aromatic rings. The van der Waals surface area contributed by atoms with E-state index >= 15 is 0 Å². The molecule has 1 spiro atoms. The molecular weight excluding hydrogens is 408 g/mol. The van der Waals surface area contributed by atoms with Crippen LogP contribution < -0.4 is 10.2 Å². The van der Waals surface area contributed by atoms with E-state index in [0.717, 1.165) is 45.2 Å². The summed E-state index contributed by atoms with van der Waals surface area (Å²) in [5, 5.41) is 9.10. The smallest absolute Gasteiger partial charge is 0.407 e. The van der Waals surface area contributed by atoms with Gasteiger partial charge in [0.1, 0.15) is 12.0 Å². The van der Waals surface area contributed by atoms with Crippen molar-refractivity contribution >= 4 is 6.09 Å². The third kappa shape index (κ3) is 4.39. The fraction of sp³-hybridized carbons (Fsp3) is 0.520. The molecular formula is C25H30N2O5. The first-order valence-corrected chi connectivity index (χ1v) is 11.5. The van der Waals surface area contributed by atoms with E-state index in [-0.39, 0.29) is 16.6 Å². The molecule has 1 aromatic carbocycles. The zero-order chi connectivity index (χ0) is 22.1. The molecule has 1 aromatic heterocycles. The maximum atomic E-state index is 12.5. The summed E-state index contributed by atoms with van der Waals surface area (Å²) in [6, 6.07) is 10.0. The predicted molar refractivity (Wildman–Crippen MR) is 119 cm³/mol. The van der Waals surface area contributed by atoms with Crippen molar-refractivity contribution < 1.29 is 19.1 Å². The monoisotopic (exact) mass is 438 g/mol. The van der Waals surface area contributed by atoms with Gasteiger partial charge in [0.05, 0.1) is 13.2 Å². The number of likely N-dealkylation sites (tertiary alicyclic amines) is 1. The molecule has 2 fully saturated rings. The number of ether oxygens (including phenoxy) is 1. The molecule has 1 N–H and O–H groups in total. The first-order valence-electron chi connectivity index (χ1n) is 11.5. The topological polar surface area (TPSA) is 83.2 Å². The SMILES string of the molecule is O=C(O)N1CCC2(CC1)CC(COc1coc(CN3CCc4ccccc4C3)cc1=O)C2. The summed E-state index contributed by atoms with van der Waals surface area (Å²) in [7, 11) is 0. The van der Waals surface area contributed by atoms with Crippen molar-refractivity contribution in [3.63, 3.8) is 0 Å². The second kappa shape index (κ2) is 8.62. The highest BCUT2D eigenvalue weighted by molar-refractivity contribution is 5.65. The lowest BCUT2D eigenvalue weighted by Crippen LogP contribution is -2.49. The number of nitrogens with zero attached hydrogens (tertiary/aromatic N) is 2. The Morgan fingerprint density at radius 1 is 1.16 bits per heavy atom. The van der Waals surface area contributed by atoms with Crippen LogP contribution >= 0.6 is 0 Å². The lowest BCUT2D eigenvalue weighted by Gasteiger charge is -2.51. The zero-order valence-corrected chi connectivity index (χ0v) is 18.3. The molecule has 1 aliphatic carbocycles. The van der Waals surface area contributed by atoms with Gasteiger partial charge in [0.15, 0.2) is 0 Å². The fourth-order valence-corrected chi connectivity index (χ4v) is 5.61. The van der Waals surface area contributed by atoms with Crippen LogP contribution in [0.25, 0.3) is 0 Å². The Morgan fingerprint density at radius 2 is 1.91 bits per heavy atom. The van der Waals surface area contributed by atoms with Gasteiger partial charge in [0.2, 0.25) is 11.2 Å². The van der Waals surface area contributed by atoms with Crippen LogP contribution in [0.3, 0.4) is 0 Å². The van der Waals surface area contributed by atoms with E-state index in [4.69, 9.17) is 14.3 Å². The van der Waals surface area contributed by atoms with E-state index in [1.165, 1.54) is 22.3 Å². The van der Waals surface area contributed by atoms with Crippen LogP contribution in [0.15, 0.2) is 45.8 Å². The van der Waals surface area contributed by atoms with Crippen LogP contribution in [-0.2, 0) is 19.5 Å². The number of hydrogen-bond acceptors (Lipinski definition) is 5. The second-order valence-corrected chi connectivity index (χ2v) is 9.66. The molecule has 2 aliphatic heterocycles. The minimum absolute atomic E-state index is 0.132. The largest absolute Gasteiger partial charge is 0.486 e. The summed E-state index contributed by atoms with van der Waals surface area (Å²) in [5.74, 6) is 1.35. The first kappa shape index (κ1) is 21.1. The fourth-order valence-electron chi connectivity index (χ4n) is 5.61. The van der Waals surface area contributed by atoms with Gasteiger partial charge in [0.25, 0.3) is 0 Å². The lowest BCUT2D eigenvalue weighted by atomic mass is 9.58. The molecule has 32 heavy (non-hydrogen) atoms. The van der Waals surface area contributed by atoms with E-state index in [1.807, 2.05) is 0 Å². The minimum Gasteiger partial charge on any atom is -0.486 e. The summed E-state index contributed by atoms with van der Waals surface area (Å²) in [5.41, 5.74) is 2.88. The number of rotatable bonds is 5. The average Bonchev–Trinajstić information content (AvgIpc) is 2.77. The number of piperidine rings is 1. The molecule has 7 nitrogen and oxygen atoms in total. The molecule has 3 heterocycles. The Labute approximate surface area is 187 Å². The van der Waals surface area contributed by atoms with Crippen LogP contribution in [0, 0.1) is 11.3 Å².